The third-order valence-electron chi connectivity index (χ3n) is 3.30. The molecule has 1 heterocycles. The molecule has 0 saturated carbocycles. The van der Waals surface area contributed by atoms with Crippen LogP contribution in [-0.2, 0) is 0 Å². The molecule has 0 amide bonds. The highest BCUT2D eigenvalue weighted by molar-refractivity contribution is 5.81. The predicted octanol–water partition coefficient (Wildman–Crippen LogP) is 4.40. The quantitative estimate of drug-likeness (QED) is 0.526. The van der Waals surface area contributed by atoms with Crippen molar-refractivity contribution in [3.63, 3.8) is 0 Å². The van der Waals surface area contributed by atoms with Crippen LogP contribution in [0.5, 0.6) is 5.75 Å². The molecule has 0 aliphatic carbocycles. The predicted molar refractivity (Wildman–Crippen MR) is 92.5 cm³/mol. The van der Waals surface area contributed by atoms with E-state index in [0.717, 1.165) is 0 Å². The normalized spacial score (nSPS) is 9.96. The first-order chi connectivity index (χ1) is 11.6. The van der Waals surface area contributed by atoms with Crippen molar-refractivity contribution in [2.24, 2.45) is 0 Å². The van der Waals surface area contributed by atoms with Gasteiger partial charge in [0.15, 0.2) is 11.2 Å². The smallest absolute Gasteiger partial charge is 0.321 e. The van der Waals surface area contributed by atoms with Gasteiger partial charge in [0.05, 0.1) is 23.0 Å². The zero-order valence-electron chi connectivity index (χ0n) is 13.6. The number of nitro benzene ring substituents is 1. The van der Waals surface area contributed by atoms with E-state index in [-0.39, 0.29) is 28.2 Å². The number of ether oxygens (including phenoxy) is 1. The summed E-state index contributed by atoms with van der Waals surface area (Å²) in [4.78, 5) is 22.9. The van der Waals surface area contributed by atoms with Crippen LogP contribution >= 0.6 is 0 Å². The third kappa shape index (κ3) is 3.12. The maximum Gasteiger partial charge on any atom is 0.321 e. The zero-order valence-corrected chi connectivity index (χ0v) is 13.6. The monoisotopic (exact) mass is 327 g/mol. The van der Waals surface area contributed by atoms with Crippen molar-refractivity contribution in [1.82, 2.24) is 0 Å². The van der Waals surface area contributed by atoms with Crippen LogP contribution in [0.4, 0.5) is 5.69 Å². The Balaban J connectivity index is 0.00000100. The maximum absolute atomic E-state index is 12.1. The van der Waals surface area contributed by atoms with E-state index in [1.807, 2.05) is 13.8 Å². The zero-order chi connectivity index (χ0) is 17.7. The third-order valence-corrected chi connectivity index (χ3v) is 3.30. The van der Waals surface area contributed by atoms with Crippen LogP contribution < -0.4 is 10.2 Å². The van der Waals surface area contributed by atoms with Gasteiger partial charge in [-0.1, -0.05) is 32.0 Å². The van der Waals surface area contributed by atoms with Gasteiger partial charge in [0.2, 0.25) is 0 Å². The van der Waals surface area contributed by atoms with Gasteiger partial charge < -0.3 is 9.15 Å². The first-order valence-corrected chi connectivity index (χ1v) is 7.46. The average molecular weight is 327 g/mol. The fourth-order valence-corrected chi connectivity index (χ4v) is 2.31. The van der Waals surface area contributed by atoms with Crippen molar-refractivity contribution in [3.8, 4) is 17.1 Å². The molecule has 24 heavy (non-hydrogen) atoms. The first-order valence-electron chi connectivity index (χ1n) is 7.46. The minimum absolute atomic E-state index is 0.110. The van der Waals surface area contributed by atoms with Crippen LogP contribution in [0.3, 0.4) is 0 Å². The topological polar surface area (TPSA) is 82.6 Å². The van der Waals surface area contributed by atoms with Crippen molar-refractivity contribution in [2.75, 3.05) is 7.11 Å². The molecule has 3 aromatic rings. The molecule has 2 aromatic carbocycles. The fourth-order valence-electron chi connectivity index (χ4n) is 2.31. The Labute approximate surface area is 138 Å². The highest BCUT2D eigenvalue weighted by Gasteiger charge is 2.23. The lowest BCUT2D eigenvalue weighted by Gasteiger charge is -2.07. The molecule has 1 aromatic heterocycles. The number of hydrogen-bond acceptors (Lipinski definition) is 5. The molecular formula is C18H17NO5. The standard InChI is InChI=1S/C16H11NO5.C2H6/c1-21-14-8-4-6-11(16(14)17(19)20)15-9-12(18)10-5-2-3-7-13(10)22-15;1-2/h2-9H,1H3;1-2H3. The Hall–Kier alpha value is -3.15. The summed E-state index contributed by atoms with van der Waals surface area (Å²) in [6.45, 7) is 4.00. The second kappa shape index (κ2) is 7.41. The summed E-state index contributed by atoms with van der Waals surface area (Å²) in [5.74, 6) is 0.243. The number of para-hydroxylation sites is 2. The highest BCUT2D eigenvalue weighted by atomic mass is 16.6. The Morgan fingerprint density at radius 1 is 1.08 bits per heavy atom. The molecular weight excluding hydrogens is 310 g/mol. The van der Waals surface area contributed by atoms with Gasteiger partial charge in [-0.15, -0.1) is 0 Å². The minimum atomic E-state index is -0.552. The number of nitro groups is 1. The van der Waals surface area contributed by atoms with Gasteiger partial charge in [-0.2, -0.15) is 0 Å². The van der Waals surface area contributed by atoms with E-state index in [0.29, 0.717) is 11.0 Å². The molecule has 6 heteroatoms. The van der Waals surface area contributed by atoms with Crippen molar-refractivity contribution < 1.29 is 14.1 Å². The molecule has 6 nitrogen and oxygen atoms in total. The van der Waals surface area contributed by atoms with Crippen LogP contribution in [0, 0.1) is 10.1 Å². The summed E-state index contributed by atoms with van der Waals surface area (Å²) in [5, 5.41) is 11.8. The molecule has 0 spiro atoms. The summed E-state index contributed by atoms with van der Waals surface area (Å²) >= 11 is 0. The van der Waals surface area contributed by atoms with Gasteiger partial charge in [-0.25, -0.2) is 0 Å². The molecule has 0 fully saturated rings. The summed E-state index contributed by atoms with van der Waals surface area (Å²) < 4.78 is 10.7. The largest absolute Gasteiger partial charge is 0.490 e. The number of rotatable bonds is 3. The van der Waals surface area contributed by atoms with Crippen LogP contribution in [-0.4, -0.2) is 12.0 Å². The van der Waals surface area contributed by atoms with Gasteiger partial charge in [0.25, 0.3) is 0 Å². The van der Waals surface area contributed by atoms with Gasteiger partial charge in [-0.05, 0) is 24.3 Å². The molecule has 3 rings (SSSR count). The van der Waals surface area contributed by atoms with Gasteiger partial charge in [-0.3, -0.25) is 14.9 Å². The van der Waals surface area contributed by atoms with Crippen molar-refractivity contribution >= 4 is 16.7 Å². The minimum Gasteiger partial charge on any atom is -0.490 e. The molecule has 124 valence electrons. The summed E-state index contributed by atoms with van der Waals surface area (Å²) in [7, 11) is 1.35. The molecule has 0 radical (unpaired) electrons. The van der Waals surface area contributed by atoms with Crippen molar-refractivity contribution in [2.45, 2.75) is 13.8 Å². The van der Waals surface area contributed by atoms with E-state index < -0.39 is 4.92 Å². The molecule has 0 aliphatic heterocycles. The van der Waals surface area contributed by atoms with Crippen LogP contribution in [0.15, 0.2) is 57.7 Å². The summed E-state index contributed by atoms with van der Waals surface area (Å²) in [5.41, 5.74) is 0.0896. The Kier molecular flexibility index (Phi) is 5.31. The van der Waals surface area contributed by atoms with E-state index >= 15 is 0 Å². The van der Waals surface area contributed by atoms with E-state index in [1.165, 1.54) is 25.3 Å². The van der Waals surface area contributed by atoms with Gasteiger partial charge in [0, 0.05) is 6.07 Å². The summed E-state index contributed by atoms with van der Waals surface area (Å²) in [6, 6.07) is 12.6. The lowest BCUT2D eigenvalue weighted by atomic mass is 10.1. The van der Waals surface area contributed by atoms with Gasteiger partial charge in [0.1, 0.15) is 11.3 Å². The van der Waals surface area contributed by atoms with Crippen LogP contribution in [0.2, 0.25) is 0 Å². The van der Waals surface area contributed by atoms with E-state index in [4.69, 9.17) is 9.15 Å². The van der Waals surface area contributed by atoms with Crippen molar-refractivity contribution in [1.29, 1.82) is 0 Å². The molecule has 0 N–H and O–H groups in total. The Morgan fingerprint density at radius 3 is 2.46 bits per heavy atom. The average Bonchev–Trinajstić information content (AvgIpc) is 2.62. The Bertz CT molecular complexity index is 930. The molecule has 0 bridgehead atoms. The van der Waals surface area contributed by atoms with E-state index in [2.05, 4.69) is 0 Å². The lowest BCUT2D eigenvalue weighted by Crippen LogP contribution is -2.02. The van der Waals surface area contributed by atoms with Gasteiger partial charge >= 0.3 is 5.69 Å². The summed E-state index contributed by atoms with van der Waals surface area (Å²) in [6.07, 6.45) is 0. The second-order valence-electron chi connectivity index (χ2n) is 4.58. The first kappa shape index (κ1) is 17.2. The number of fused-ring (bicyclic) bond motifs is 1. The molecule has 0 saturated heterocycles. The number of hydrogen-bond donors (Lipinski definition) is 0. The highest BCUT2D eigenvalue weighted by Crippen LogP contribution is 2.37. The fraction of sp³-hybridized carbons (Fsp3) is 0.167. The molecule has 0 unspecified atom stereocenters. The maximum atomic E-state index is 12.1. The van der Waals surface area contributed by atoms with E-state index in [9.17, 15) is 14.9 Å². The number of benzene rings is 2. The SMILES string of the molecule is CC.COc1cccc(-c2cc(=O)c3ccccc3o2)c1[N+](=O)[O-]. The van der Waals surface area contributed by atoms with Crippen LogP contribution in [0.25, 0.3) is 22.3 Å². The molecule has 0 aliphatic rings. The number of nitrogens with zero attached hydrogens (tertiary/aromatic N) is 1. The Morgan fingerprint density at radius 2 is 1.79 bits per heavy atom. The van der Waals surface area contributed by atoms with Crippen molar-refractivity contribution in [3.05, 3.63) is 68.9 Å². The lowest BCUT2D eigenvalue weighted by molar-refractivity contribution is -0.385. The molecule has 0 atom stereocenters. The number of methoxy groups -OCH3 is 1. The van der Waals surface area contributed by atoms with Crippen LogP contribution in [0.1, 0.15) is 13.8 Å². The second-order valence-corrected chi connectivity index (χ2v) is 4.58. The van der Waals surface area contributed by atoms with E-state index in [1.54, 1.807) is 30.3 Å².